The minimum absolute atomic E-state index is 0.284. The van der Waals surface area contributed by atoms with Crippen molar-refractivity contribution in [3.63, 3.8) is 0 Å². The third kappa shape index (κ3) is 9.24. The molecule has 144 valence electrons. The van der Waals surface area contributed by atoms with Crippen LogP contribution in [0, 0.1) is 0 Å². The van der Waals surface area contributed by atoms with Gasteiger partial charge in [-0.25, -0.2) is 9.59 Å². The molecule has 0 rings (SSSR count). The average molecular weight is 358 g/mol. The van der Waals surface area contributed by atoms with Crippen LogP contribution in [0.15, 0.2) is 11.6 Å². The fourth-order valence-corrected chi connectivity index (χ4v) is 2.64. The first-order valence-corrected chi connectivity index (χ1v) is 8.87. The Bertz CT molecular complexity index is 470. The molecule has 0 saturated carbocycles. The average Bonchev–Trinajstić information content (AvgIpc) is 2.51. The number of aliphatic hydroxyl groups is 1. The smallest absolute Gasteiger partial charge is 0.341 e. The molecule has 0 saturated heterocycles. The summed E-state index contributed by atoms with van der Waals surface area (Å²) in [5.41, 5.74) is -3.71. The highest BCUT2D eigenvalue weighted by molar-refractivity contribution is 6.00. The second-order valence-corrected chi connectivity index (χ2v) is 6.28. The molecule has 1 atom stereocenters. The summed E-state index contributed by atoms with van der Waals surface area (Å²) in [5, 5.41) is 36.9. The van der Waals surface area contributed by atoms with Gasteiger partial charge in [0.2, 0.25) is 5.60 Å². The maximum atomic E-state index is 11.2. The number of carbonyl (C=O) groups is 3. The maximum absolute atomic E-state index is 11.2. The number of carboxylic acids is 3. The fourth-order valence-electron chi connectivity index (χ4n) is 2.64. The summed E-state index contributed by atoms with van der Waals surface area (Å²) < 4.78 is 0. The summed E-state index contributed by atoms with van der Waals surface area (Å²) >= 11 is 0. The highest BCUT2D eigenvalue weighted by atomic mass is 16.4. The van der Waals surface area contributed by atoms with Gasteiger partial charge in [-0.1, -0.05) is 64.4 Å². The van der Waals surface area contributed by atoms with Crippen LogP contribution < -0.4 is 0 Å². The number of aliphatic carboxylic acids is 3. The quantitative estimate of drug-likeness (QED) is 0.261. The van der Waals surface area contributed by atoms with E-state index < -0.39 is 35.5 Å². The van der Waals surface area contributed by atoms with Gasteiger partial charge in [0.05, 0.1) is 12.0 Å². The van der Waals surface area contributed by atoms with Crippen LogP contribution in [-0.4, -0.2) is 43.9 Å². The van der Waals surface area contributed by atoms with Crippen LogP contribution in [0.5, 0.6) is 0 Å². The first-order chi connectivity index (χ1) is 11.8. The van der Waals surface area contributed by atoms with Crippen molar-refractivity contribution in [3.05, 3.63) is 11.6 Å². The lowest BCUT2D eigenvalue weighted by Crippen LogP contribution is -2.45. The number of hydrogen-bond donors (Lipinski definition) is 4. The van der Waals surface area contributed by atoms with Gasteiger partial charge in [0.15, 0.2) is 0 Å². The van der Waals surface area contributed by atoms with E-state index in [1.165, 1.54) is 32.1 Å². The second kappa shape index (κ2) is 12.5. The predicted octanol–water partition coefficient (Wildman–Crippen LogP) is 3.21. The molecule has 0 aliphatic carbocycles. The van der Waals surface area contributed by atoms with Crippen LogP contribution >= 0.6 is 0 Å². The third-order valence-electron chi connectivity index (χ3n) is 4.09. The van der Waals surface area contributed by atoms with Crippen LogP contribution in [0.4, 0.5) is 0 Å². The van der Waals surface area contributed by atoms with Crippen LogP contribution in [0.3, 0.4) is 0 Å². The molecule has 0 amide bonds. The molecule has 7 nitrogen and oxygen atoms in total. The van der Waals surface area contributed by atoms with Gasteiger partial charge in [0.1, 0.15) is 0 Å². The van der Waals surface area contributed by atoms with Crippen LogP contribution in [0.25, 0.3) is 0 Å². The highest BCUT2D eigenvalue weighted by Crippen LogP contribution is 2.24. The van der Waals surface area contributed by atoms with E-state index in [9.17, 15) is 19.5 Å². The van der Waals surface area contributed by atoms with Gasteiger partial charge in [-0.05, 0) is 12.8 Å². The van der Waals surface area contributed by atoms with E-state index in [2.05, 4.69) is 6.92 Å². The van der Waals surface area contributed by atoms with E-state index in [-0.39, 0.29) is 6.42 Å². The zero-order chi connectivity index (χ0) is 19.3. The van der Waals surface area contributed by atoms with Gasteiger partial charge in [-0.15, -0.1) is 0 Å². The van der Waals surface area contributed by atoms with Crippen molar-refractivity contribution >= 4 is 17.9 Å². The van der Waals surface area contributed by atoms with Crippen molar-refractivity contribution in [2.75, 3.05) is 0 Å². The molecule has 4 N–H and O–H groups in total. The summed E-state index contributed by atoms with van der Waals surface area (Å²) in [4.78, 5) is 33.2. The van der Waals surface area contributed by atoms with Crippen LogP contribution in [0.1, 0.15) is 77.6 Å². The van der Waals surface area contributed by atoms with Gasteiger partial charge < -0.3 is 20.4 Å². The normalized spacial score (nSPS) is 14.1. The summed E-state index contributed by atoms with van der Waals surface area (Å²) in [7, 11) is 0. The monoisotopic (exact) mass is 358 g/mol. The molecular formula is C18H30O7. The SMILES string of the molecule is CCCCCCCCCCCC=C(C(=O)O)C(O)(CC(=O)O)C(=O)O. The highest BCUT2D eigenvalue weighted by Gasteiger charge is 2.45. The lowest BCUT2D eigenvalue weighted by atomic mass is 9.89. The maximum Gasteiger partial charge on any atom is 0.341 e. The largest absolute Gasteiger partial charge is 0.481 e. The lowest BCUT2D eigenvalue weighted by Gasteiger charge is -2.22. The molecule has 0 fully saturated rings. The molecule has 0 heterocycles. The minimum Gasteiger partial charge on any atom is -0.481 e. The van der Waals surface area contributed by atoms with Gasteiger partial charge in [-0.3, -0.25) is 4.79 Å². The van der Waals surface area contributed by atoms with E-state index in [0.717, 1.165) is 25.3 Å². The zero-order valence-corrected chi connectivity index (χ0v) is 14.9. The number of unbranched alkanes of at least 4 members (excludes halogenated alkanes) is 9. The van der Waals surface area contributed by atoms with Crippen molar-refractivity contribution in [1.29, 1.82) is 0 Å². The molecule has 0 aromatic heterocycles. The van der Waals surface area contributed by atoms with Crippen molar-refractivity contribution < 1.29 is 34.8 Å². The minimum atomic E-state index is -2.92. The molecule has 0 aliphatic rings. The summed E-state index contributed by atoms with van der Waals surface area (Å²) in [6.07, 6.45) is 9.98. The van der Waals surface area contributed by atoms with Gasteiger partial charge in [0.25, 0.3) is 0 Å². The molecule has 0 radical (unpaired) electrons. The predicted molar refractivity (Wildman–Crippen MR) is 92.4 cm³/mol. The first kappa shape index (κ1) is 23.1. The molecule has 0 spiro atoms. The molecule has 25 heavy (non-hydrogen) atoms. The van der Waals surface area contributed by atoms with Gasteiger partial charge >= 0.3 is 17.9 Å². The van der Waals surface area contributed by atoms with Crippen molar-refractivity contribution in [2.45, 2.75) is 83.2 Å². The third-order valence-corrected chi connectivity index (χ3v) is 4.09. The van der Waals surface area contributed by atoms with Gasteiger partial charge in [-0.2, -0.15) is 0 Å². The van der Waals surface area contributed by atoms with E-state index in [4.69, 9.17) is 15.3 Å². The van der Waals surface area contributed by atoms with E-state index in [0.29, 0.717) is 6.42 Å². The van der Waals surface area contributed by atoms with Crippen molar-refractivity contribution in [2.24, 2.45) is 0 Å². The fraction of sp³-hybridized carbons (Fsp3) is 0.722. The summed E-state index contributed by atoms with van der Waals surface area (Å²) in [6, 6.07) is 0. The standard InChI is InChI=1S/C18H30O7/c1-2-3-4-5-6-7-8-9-10-11-12-14(16(21)22)18(25,17(23)24)13-15(19)20/h12,25H,2-11,13H2,1H3,(H,19,20)(H,21,22)(H,23,24). The lowest BCUT2D eigenvalue weighted by molar-refractivity contribution is -0.163. The van der Waals surface area contributed by atoms with E-state index in [1.807, 2.05) is 0 Å². The Morgan fingerprint density at radius 3 is 1.72 bits per heavy atom. The topological polar surface area (TPSA) is 132 Å². The molecule has 0 aromatic carbocycles. The summed E-state index contributed by atoms with van der Waals surface area (Å²) in [6.45, 7) is 2.17. The van der Waals surface area contributed by atoms with Crippen LogP contribution in [0.2, 0.25) is 0 Å². The molecule has 0 aromatic rings. The number of allylic oxidation sites excluding steroid dienone is 1. The molecule has 7 heteroatoms. The Balaban J connectivity index is 4.43. The second-order valence-electron chi connectivity index (χ2n) is 6.28. The molecule has 1 unspecified atom stereocenters. The molecule has 0 bridgehead atoms. The number of rotatable bonds is 15. The Kier molecular flexibility index (Phi) is 11.5. The van der Waals surface area contributed by atoms with Crippen LogP contribution in [-0.2, 0) is 14.4 Å². The van der Waals surface area contributed by atoms with Crippen molar-refractivity contribution in [1.82, 2.24) is 0 Å². The Hall–Kier alpha value is -1.89. The Labute approximate surface area is 148 Å². The Morgan fingerprint density at radius 1 is 0.840 bits per heavy atom. The van der Waals surface area contributed by atoms with Crippen molar-refractivity contribution in [3.8, 4) is 0 Å². The number of carboxylic acid groups (broad SMARTS) is 3. The number of hydrogen-bond acceptors (Lipinski definition) is 4. The molecule has 0 aliphatic heterocycles. The first-order valence-electron chi connectivity index (χ1n) is 8.87. The van der Waals surface area contributed by atoms with Gasteiger partial charge in [0, 0.05) is 0 Å². The molecular weight excluding hydrogens is 328 g/mol. The van der Waals surface area contributed by atoms with E-state index in [1.54, 1.807) is 0 Å². The Morgan fingerprint density at radius 2 is 1.32 bits per heavy atom. The summed E-state index contributed by atoms with van der Waals surface area (Å²) in [5.74, 6) is -5.09. The van der Waals surface area contributed by atoms with E-state index >= 15 is 0 Å². The zero-order valence-electron chi connectivity index (χ0n) is 14.9.